The summed E-state index contributed by atoms with van der Waals surface area (Å²) in [6.45, 7) is 7.09. The van der Waals surface area contributed by atoms with Crippen molar-refractivity contribution in [1.82, 2.24) is 4.57 Å². The molecular weight excluding hydrogens is 370 g/mol. The smallest absolute Gasteiger partial charge is 0.253 e. The Morgan fingerprint density at radius 3 is 2.32 bits per heavy atom. The number of hydrogen-bond acceptors (Lipinski definition) is 1. The first-order chi connectivity index (χ1) is 8.98. The molecule has 1 rings (SSSR count). The van der Waals surface area contributed by atoms with E-state index >= 15 is 0 Å². The van der Waals surface area contributed by atoms with E-state index in [9.17, 15) is 4.79 Å². The molecule has 1 heterocycles. The Morgan fingerprint density at radius 1 is 1.26 bits per heavy atom. The monoisotopic (exact) mass is 391 g/mol. The van der Waals surface area contributed by atoms with E-state index in [4.69, 9.17) is 0 Å². The topological polar surface area (TPSA) is 22.0 Å². The van der Waals surface area contributed by atoms with Gasteiger partial charge in [0.2, 0.25) is 0 Å². The summed E-state index contributed by atoms with van der Waals surface area (Å²) in [5.74, 6) is 0. The van der Waals surface area contributed by atoms with Gasteiger partial charge in [0.1, 0.15) is 0 Å². The van der Waals surface area contributed by atoms with Crippen LogP contribution in [0, 0.1) is 12.3 Å². The summed E-state index contributed by atoms with van der Waals surface area (Å²) in [5.41, 5.74) is 1.10. The molecule has 0 bridgehead atoms. The van der Waals surface area contributed by atoms with E-state index in [1.54, 1.807) is 0 Å². The van der Waals surface area contributed by atoms with Gasteiger partial charge in [0, 0.05) is 28.1 Å². The minimum absolute atomic E-state index is 0.126. The molecule has 0 N–H and O–H groups in total. The fourth-order valence-electron chi connectivity index (χ4n) is 2.74. The molecule has 1 aromatic rings. The van der Waals surface area contributed by atoms with E-state index < -0.39 is 0 Å². The molecule has 0 fully saturated rings. The van der Waals surface area contributed by atoms with Gasteiger partial charge in [0.25, 0.3) is 5.56 Å². The number of aromatic nitrogens is 1. The van der Waals surface area contributed by atoms with Gasteiger partial charge >= 0.3 is 0 Å². The lowest BCUT2D eigenvalue weighted by molar-refractivity contribution is 0.230. The molecule has 0 saturated carbocycles. The number of halogens is 2. The van der Waals surface area contributed by atoms with Crippen LogP contribution in [-0.4, -0.2) is 9.90 Å². The lowest BCUT2D eigenvalue weighted by Gasteiger charge is -2.32. The number of pyridine rings is 1. The Kier molecular flexibility index (Phi) is 6.81. The number of alkyl halides is 1. The van der Waals surface area contributed by atoms with Crippen LogP contribution in [0.4, 0.5) is 0 Å². The Morgan fingerprint density at radius 2 is 1.84 bits per heavy atom. The van der Waals surface area contributed by atoms with Gasteiger partial charge in [-0.05, 0) is 47.2 Å². The summed E-state index contributed by atoms with van der Waals surface area (Å²) < 4.78 is 2.84. The van der Waals surface area contributed by atoms with Crippen LogP contribution in [0.3, 0.4) is 0 Å². The zero-order valence-electron chi connectivity index (χ0n) is 12.0. The highest BCUT2D eigenvalue weighted by atomic mass is 79.9. The van der Waals surface area contributed by atoms with Crippen molar-refractivity contribution in [2.24, 2.45) is 5.41 Å². The van der Waals surface area contributed by atoms with E-state index in [1.165, 1.54) is 0 Å². The van der Waals surface area contributed by atoms with Gasteiger partial charge in [0.15, 0.2) is 0 Å². The molecule has 0 aliphatic heterocycles. The van der Waals surface area contributed by atoms with Crippen LogP contribution in [0.5, 0.6) is 0 Å². The van der Waals surface area contributed by atoms with Crippen molar-refractivity contribution in [2.45, 2.75) is 53.0 Å². The van der Waals surface area contributed by atoms with Gasteiger partial charge in [0.05, 0.1) is 0 Å². The van der Waals surface area contributed by atoms with Crippen LogP contribution in [0.2, 0.25) is 0 Å². The third-order valence-electron chi connectivity index (χ3n) is 3.58. The molecule has 0 aliphatic carbocycles. The molecule has 0 atom stereocenters. The maximum Gasteiger partial charge on any atom is 0.253 e. The van der Waals surface area contributed by atoms with Gasteiger partial charge in [-0.2, -0.15) is 0 Å². The lowest BCUT2D eigenvalue weighted by atomic mass is 9.81. The zero-order chi connectivity index (χ0) is 14.5. The highest BCUT2D eigenvalue weighted by Crippen LogP contribution is 2.34. The average Bonchev–Trinajstić information content (AvgIpc) is 2.36. The van der Waals surface area contributed by atoms with Crippen LogP contribution in [0.1, 0.15) is 45.1 Å². The summed E-state index contributed by atoms with van der Waals surface area (Å²) in [6, 6.07) is 1.88. The minimum atomic E-state index is 0.126. The van der Waals surface area contributed by atoms with Crippen molar-refractivity contribution in [2.75, 3.05) is 5.33 Å². The van der Waals surface area contributed by atoms with E-state index in [0.717, 1.165) is 47.6 Å². The van der Waals surface area contributed by atoms with Gasteiger partial charge in [-0.25, -0.2) is 0 Å². The van der Waals surface area contributed by atoms with Crippen molar-refractivity contribution in [3.05, 3.63) is 32.7 Å². The molecule has 0 aliphatic rings. The summed E-state index contributed by atoms with van der Waals surface area (Å²) in [7, 11) is 0. The van der Waals surface area contributed by atoms with Crippen molar-refractivity contribution >= 4 is 31.9 Å². The van der Waals surface area contributed by atoms with Crippen molar-refractivity contribution in [3.63, 3.8) is 0 Å². The second-order valence-electron chi connectivity index (χ2n) is 5.41. The third kappa shape index (κ3) is 4.45. The number of aryl methyl sites for hydroxylation is 1. The Balaban J connectivity index is 3.12. The largest absolute Gasteiger partial charge is 0.314 e. The summed E-state index contributed by atoms with van der Waals surface area (Å²) >= 11 is 7.15. The molecule has 0 amide bonds. The van der Waals surface area contributed by atoms with Crippen molar-refractivity contribution in [1.29, 1.82) is 0 Å². The lowest BCUT2D eigenvalue weighted by Crippen LogP contribution is -2.34. The first-order valence-electron chi connectivity index (χ1n) is 6.90. The minimum Gasteiger partial charge on any atom is -0.314 e. The van der Waals surface area contributed by atoms with Crippen molar-refractivity contribution in [3.8, 4) is 0 Å². The fourth-order valence-corrected chi connectivity index (χ4v) is 4.07. The van der Waals surface area contributed by atoms with Crippen molar-refractivity contribution < 1.29 is 0 Å². The van der Waals surface area contributed by atoms with Gasteiger partial charge in [-0.3, -0.25) is 4.79 Å². The first-order valence-corrected chi connectivity index (χ1v) is 8.82. The second-order valence-corrected chi connectivity index (χ2v) is 6.88. The van der Waals surface area contributed by atoms with Crippen LogP contribution in [0.25, 0.3) is 0 Å². The SMILES string of the molecule is CCCC(CBr)(CCC)Cn1cc(Br)cc(C)c1=O. The standard InChI is InChI=1S/C15H23Br2NO/c1-4-6-15(10-16,7-5-2)11-18-9-13(17)8-12(3)14(18)19/h8-9H,4-7,10-11H2,1-3H3. The Labute approximate surface area is 132 Å². The van der Waals surface area contributed by atoms with Crippen LogP contribution < -0.4 is 5.56 Å². The number of hydrogen-bond donors (Lipinski definition) is 0. The summed E-state index contributed by atoms with van der Waals surface area (Å²) in [6.07, 6.45) is 6.49. The first kappa shape index (κ1) is 17.0. The molecule has 19 heavy (non-hydrogen) atoms. The zero-order valence-corrected chi connectivity index (χ0v) is 15.2. The molecule has 4 heteroatoms. The van der Waals surface area contributed by atoms with Gasteiger partial charge < -0.3 is 4.57 Å². The molecular formula is C15H23Br2NO. The summed E-state index contributed by atoms with van der Waals surface area (Å²) in [4.78, 5) is 12.2. The average molecular weight is 393 g/mol. The van der Waals surface area contributed by atoms with Gasteiger partial charge in [-0.1, -0.05) is 42.6 Å². The second kappa shape index (κ2) is 7.63. The van der Waals surface area contributed by atoms with Crippen LogP contribution >= 0.6 is 31.9 Å². The van der Waals surface area contributed by atoms with E-state index in [1.807, 2.05) is 23.8 Å². The fraction of sp³-hybridized carbons (Fsp3) is 0.667. The molecule has 0 unspecified atom stereocenters. The Bertz CT molecular complexity index is 462. The molecule has 1 aromatic heterocycles. The molecule has 0 aromatic carbocycles. The number of nitrogens with zero attached hydrogens (tertiary/aromatic N) is 1. The highest BCUT2D eigenvalue weighted by molar-refractivity contribution is 9.10. The molecule has 0 spiro atoms. The summed E-state index contributed by atoms with van der Waals surface area (Å²) in [5, 5.41) is 0.944. The quantitative estimate of drug-likeness (QED) is 0.604. The third-order valence-corrected chi connectivity index (χ3v) is 5.20. The molecule has 0 radical (unpaired) electrons. The van der Waals surface area contributed by atoms with Gasteiger partial charge in [-0.15, -0.1) is 0 Å². The predicted octanol–water partition coefficient (Wildman–Crippen LogP) is 4.90. The van der Waals surface area contributed by atoms with E-state index in [0.29, 0.717) is 0 Å². The van der Waals surface area contributed by atoms with Crippen LogP contribution in [-0.2, 0) is 6.54 Å². The van der Waals surface area contributed by atoms with E-state index in [2.05, 4.69) is 45.7 Å². The highest BCUT2D eigenvalue weighted by Gasteiger charge is 2.28. The maximum atomic E-state index is 12.2. The maximum absolute atomic E-state index is 12.2. The molecule has 0 saturated heterocycles. The molecule has 2 nitrogen and oxygen atoms in total. The Hall–Kier alpha value is -0.0900. The normalized spacial score (nSPS) is 11.8. The molecule has 108 valence electrons. The number of rotatable bonds is 7. The predicted molar refractivity (Wildman–Crippen MR) is 89.2 cm³/mol. The van der Waals surface area contributed by atoms with Crippen LogP contribution in [0.15, 0.2) is 21.5 Å². The van der Waals surface area contributed by atoms with E-state index in [-0.39, 0.29) is 11.0 Å².